The van der Waals surface area contributed by atoms with Gasteiger partial charge in [0.1, 0.15) is 17.8 Å². The van der Waals surface area contributed by atoms with Gasteiger partial charge in [-0.25, -0.2) is 9.97 Å². The molecule has 0 aliphatic carbocycles. The fourth-order valence-corrected chi connectivity index (χ4v) is 2.32. The number of anilines is 2. The van der Waals surface area contributed by atoms with Gasteiger partial charge in [-0.05, 0) is 12.1 Å². The van der Waals surface area contributed by atoms with E-state index in [0.717, 1.165) is 5.69 Å². The van der Waals surface area contributed by atoms with E-state index in [1.807, 2.05) is 18.2 Å². The van der Waals surface area contributed by atoms with Gasteiger partial charge in [0.25, 0.3) is 5.91 Å². The molecule has 0 bridgehead atoms. The summed E-state index contributed by atoms with van der Waals surface area (Å²) in [7, 11) is 0. The van der Waals surface area contributed by atoms with Crippen LogP contribution >= 0.6 is 23.2 Å². The number of nitrogens with one attached hydrogen (secondary N) is 2. The Bertz CT molecular complexity index is 675. The molecule has 1 amide bonds. The Hall–Kier alpha value is -2.05. The molecule has 1 atom stereocenters. The molecule has 2 aromatic rings. The second-order valence-electron chi connectivity index (χ2n) is 4.30. The predicted molar refractivity (Wildman–Crippen MR) is 80.0 cm³/mol. The van der Waals surface area contributed by atoms with Crippen LogP contribution in [0.1, 0.15) is 0 Å². The minimum Gasteiger partial charge on any atom is -0.477 e. The third-order valence-electron chi connectivity index (χ3n) is 2.93. The molecule has 1 aliphatic rings. The highest BCUT2D eigenvalue weighted by atomic mass is 35.5. The lowest BCUT2D eigenvalue weighted by Crippen LogP contribution is -2.41. The summed E-state index contributed by atoms with van der Waals surface area (Å²) in [6.07, 6.45) is 0.516. The molecule has 2 N–H and O–H groups in total. The number of aromatic nitrogens is 2. The number of hydrogen-bond acceptors (Lipinski definition) is 5. The first kappa shape index (κ1) is 13.9. The van der Waals surface area contributed by atoms with Crippen LogP contribution in [0.15, 0.2) is 30.6 Å². The maximum absolute atomic E-state index is 12.2. The number of carbonyl (C=O) groups is 1. The van der Waals surface area contributed by atoms with Crippen molar-refractivity contribution in [2.45, 2.75) is 6.10 Å². The number of para-hydroxylation sites is 2. The third kappa shape index (κ3) is 2.86. The molecule has 108 valence electrons. The van der Waals surface area contributed by atoms with Crippen molar-refractivity contribution in [3.05, 3.63) is 40.9 Å². The van der Waals surface area contributed by atoms with Crippen LogP contribution in [0.3, 0.4) is 0 Å². The second-order valence-corrected chi connectivity index (χ2v) is 5.02. The zero-order valence-corrected chi connectivity index (χ0v) is 12.1. The van der Waals surface area contributed by atoms with Crippen LogP contribution in [0.2, 0.25) is 10.3 Å². The summed E-state index contributed by atoms with van der Waals surface area (Å²) in [5.41, 5.74) is 1.02. The normalized spacial score (nSPS) is 16.4. The molecule has 6 nitrogen and oxygen atoms in total. The van der Waals surface area contributed by atoms with Crippen molar-refractivity contribution in [1.29, 1.82) is 0 Å². The highest BCUT2D eigenvalue weighted by Crippen LogP contribution is 2.30. The minimum absolute atomic E-state index is 0.0764. The monoisotopic (exact) mass is 324 g/mol. The molecule has 3 rings (SSSR count). The lowest BCUT2D eigenvalue weighted by molar-refractivity contribution is -0.122. The van der Waals surface area contributed by atoms with Crippen molar-refractivity contribution < 1.29 is 9.53 Å². The maximum atomic E-state index is 12.2. The SMILES string of the molecule is O=C(Nc1c(Cl)ncnc1Cl)C1CNc2ccccc2O1. The van der Waals surface area contributed by atoms with Crippen LogP contribution < -0.4 is 15.4 Å². The van der Waals surface area contributed by atoms with Crippen LogP contribution in [0.5, 0.6) is 5.75 Å². The van der Waals surface area contributed by atoms with E-state index in [9.17, 15) is 4.79 Å². The summed E-state index contributed by atoms with van der Waals surface area (Å²) in [5.74, 6) is 0.237. The molecular formula is C13H10Cl2N4O2. The highest BCUT2D eigenvalue weighted by molar-refractivity contribution is 6.38. The van der Waals surface area contributed by atoms with Crippen LogP contribution in [-0.4, -0.2) is 28.5 Å². The van der Waals surface area contributed by atoms with Crippen LogP contribution in [0, 0.1) is 0 Å². The Morgan fingerprint density at radius 2 is 2.00 bits per heavy atom. The topological polar surface area (TPSA) is 76.1 Å². The van der Waals surface area contributed by atoms with E-state index in [2.05, 4.69) is 20.6 Å². The van der Waals surface area contributed by atoms with E-state index in [-0.39, 0.29) is 21.9 Å². The van der Waals surface area contributed by atoms with Gasteiger partial charge in [0, 0.05) is 0 Å². The lowest BCUT2D eigenvalue weighted by Gasteiger charge is -2.26. The minimum atomic E-state index is -0.702. The average Bonchev–Trinajstić information content (AvgIpc) is 2.50. The fraction of sp³-hybridized carbons (Fsp3) is 0.154. The summed E-state index contributed by atoms with van der Waals surface area (Å²) in [6, 6.07) is 7.38. The molecule has 0 fully saturated rings. The number of halogens is 2. The molecule has 1 unspecified atom stereocenters. The van der Waals surface area contributed by atoms with Gasteiger partial charge in [-0.3, -0.25) is 4.79 Å². The Balaban J connectivity index is 1.76. The largest absolute Gasteiger partial charge is 0.477 e. The van der Waals surface area contributed by atoms with Gasteiger partial charge < -0.3 is 15.4 Å². The van der Waals surface area contributed by atoms with Gasteiger partial charge in [-0.2, -0.15) is 0 Å². The van der Waals surface area contributed by atoms with E-state index in [1.54, 1.807) is 6.07 Å². The number of rotatable bonds is 2. The number of fused-ring (bicyclic) bond motifs is 1. The lowest BCUT2D eigenvalue weighted by atomic mass is 10.2. The molecule has 1 aliphatic heterocycles. The molecule has 8 heteroatoms. The van der Waals surface area contributed by atoms with Gasteiger partial charge in [-0.15, -0.1) is 0 Å². The molecule has 2 heterocycles. The van der Waals surface area contributed by atoms with Gasteiger partial charge >= 0.3 is 0 Å². The highest BCUT2D eigenvalue weighted by Gasteiger charge is 2.27. The number of ether oxygens (including phenoxy) is 1. The van der Waals surface area contributed by atoms with E-state index in [4.69, 9.17) is 27.9 Å². The summed E-state index contributed by atoms with van der Waals surface area (Å²) < 4.78 is 5.64. The van der Waals surface area contributed by atoms with E-state index in [0.29, 0.717) is 12.3 Å². The predicted octanol–water partition coefficient (Wildman–Crippen LogP) is 2.60. The zero-order valence-electron chi connectivity index (χ0n) is 10.6. The standard InChI is InChI=1S/C13H10Cl2N4O2/c14-11-10(12(15)18-6-17-11)19-13(20)9-5-16-7-3-1-2-4-8(7)21-9/h1-4,6,9,16H,5H2,(H,19,20). The Kier molecular flexibility index (Phi) is 3.81. The molecule has 0 spiro atoms. The zero-order chi connectivity index (χ0) is 14.8. The smallest absolute Gasteiger partial charge is 0.267 e. The first-order chi connectivity index (χ1) is 10.1. The first-order valence-electron chi connectivity index (χ1n) is 6.11. The molecular weight excluding hydrogens is 315 g/mol. The Morgan fingerprint density at radius 3 is 2.76 bits per heavy atom. The molecule has 21 heavy (non-hydrogen) atoms. The second kappa shape index (κ2) is 5.75. The molecule has 1 aromatic carbocycles. The van der Waals surface area contributed by atoms with Gasteiger partial charge in [-0.1, -0.05) is 35.3 Å². The number of benzene rings is 1. The number of amides is 1. The van der Waals surface area contributed by atoms with Crippen molar-refractivity contribution in [2.24, 2.45) is 0 Å². The summed E-state index contributed by atoms with van der Waals surface area (Å²) >= 11 is 11.8. The van der Waals surface area contributed by atoms with E-state index >= 15 is 0 Å². The molecule has 0 saturated carbocycles. The van der Waals surface area contributed by atoms with Crippen molar-refractivity contribution >= 4 is 40.5 Å². The summed E-state index contributed by atoms with van der Waals surface area (Å²) in [5, 5.41) is 5.86. The van der Waals surface area contributed by atoms with Crippen molar-refractivity contribution in [3.63, 3.8) is 0 Å². The quantitative estimate of drug-likeness (QED) is 0.830. The number of hydrogen-bond donors (Lipinski definition) is 2. The Labute approximate surface area is 130 Å². The average molecular weight is 325 g/mol. The summed E-state index contributed by atoms with van der Waals surface area (Å²) in [6.45, 7) is 0.339. The van der Waals surface area contributed by atoms with Crippen molar-refractivity contribution in [1.82, 2.24) is 9.97 Å². The van der Waals surface area contributed by atoms with Gasteiger partial charge in [0.05, 0.1) is 12.2 Å². The first-order valence-corrected chi connectivity index (χ1v) is 6.87. The van der Waals surface area contributed by atoms with Crippen LogP contribution in [0.25, 0.3) is 0 Å². The van der Waals surface area contributed by atoms with E-state index in [1.165, 1.54) is 6.33 Å². The Morgan fingerprint density at radius 1 is 1.29 bits per heavy atom. The van der Waals surface area contributed by atoms with Crippen LogP contribution in [0.4, 0.5) is 11.4 Å². The van der Waals surface area contributed by atoms with Gasteiger partial charge in [0.15, 0.2) is 16.4 Å². The molecule has 0 radical (unpaired) electrons. The van der Waals surface area contributed by atoms with Crippen molar-refractivity contribution in [2.75, 3.05) is 17.2 Å². The van der Waals surface area contributed by atoms with Crippen LogP contribution in [-0.2, 0) is 4.79 Å². The van der Waals surface area contributed by atoms with Crippen molar-refractivity contribution in [3.8, 4) is 5.75 Å². The molecule has 0 saturated heterocycles. The number of nitrogens with zero attached hydrogens (tertiary/aromatic N) is 2. The molecule has 1 aromatic heterocycles. The third-order valence-corrected chi connectivity index (χ3v) is 3.50. The van der Waals surface area contributed by atoms with E-state index < -0.39 is 6.10 Å². The van der Waals surface area contributed by atoms with Gasteiger partial charge in [0.2, 0.25) is 0 Å². The number of carbonyl (C=O) groups excluding carboxylic acids is 1. The summed E-state index contributed by atoms with van der Waals surface area (Å²) in [4.78, 5) is 19.8. The fourth-order valence-electron chi connectivity index (χ4n) is 1.91. The maximum Gasteiger partial charge on any atom is 0.267 e.